The minimum atomic E-state index is -0.635. The van der Waals surface area contributed by atoms with Gasteiger partial charge in [-0.1, -0.05) is 50.7 Å². The van der Waals surface area contributed by atoms with Crippen molar-refractivity contribution in [3.63, 3.8) is 0 Å². The molecule has 0 saturated heterocycles. The predicted octanol–water partition coefficient (Wildman–Crippen LogP) is 5.04. The highest BCUT2D eigenvalue weighted by Crippen LogP contribution is 2.30. The molecule has 0 bridgehead atoms. The standard InChI is InChI=1S/C16H20ClFO/c17-16(13-7-9-14(18)10-8-13)15(19)11-12-5-3-1-2-4-6-12/h7-10,12,16H,1-6,11H2. The molecule has 3 heteroatoms. The van der Waals surface area contributed by atoms with Crippen LogP contribution >= 0.6 is 11.6 Å². The second-order valence-corrected chi connectivity index (χ2v) is 5.88. The second-order valence-electron chi connectivity index (χ2n) is 5.44. The number of carbonyl (C=O) groups excluding carboxylic acids is 1. The summed E-state index contributed by atoms with van der Waals surface area (Å²) in [6.07, 6.45) is 7.85. The van der Waals surface area contributed by atoms with E-state index in [-0.39, 0.29) is 11.6 Å². The Bertz CT molecular complexity index is 407. The molecule has 0 spiro atoms. The van der Waals surface area contributed by atoms with Gasteiger partial charge >= 0.3 is 0 Å². The van der Waals surface area contributed by atoms with Gasteiger partial charge in [0.1, 0.15) is 11.2 Å². The van der Waals surface area contributed by atoms with Crippen LogP contribution in [0.2, 0.25) is 0 Å². The van der Waals surface area contributed by atoms with Gasteiger partial charge in [-0.05, 0) is 23.6 Å². The molecule has 1 aliphatic carbocycles. The minimum Gasteiger partial charge on any atom is -0.298 e. The monoisotopic (exact) mass is 282 g/mol. The fraction of sp³-hybridized carbons (Fsp3) is 0.562. The van der Waals surface area contributed by atoms with Gasteiger partial charge in [-0.15, -0.1) is 11.6 Å². The number of hydrogen-bond donors (Lipinski definition) is 0. The van der Waals surface area contributed by atoms with E-state index >= 15 is 0 Å². The molecular weight excluding hydrogens is 263 g/mol. The highest BCUT2D eigenvalue weighted by molar-refractivity contribution is 6.31. The van der Waals surface area contributed by atoms with E-state index in [2.05, 4.69) is 0 Å². The molecule has 1 aromatic carbocycles. The minimum absolute atomic E-state index is 0.0696. The van der Waals surface area contributed by atoms with E-state index in [9.17, 15) is 9.18 Å². The third-order valence-corrected chi connectivity index (χ3v) is 4.41. The summed E-state index contributed by atoms with van der Waals surface area (Å²) < 4.78 is 12.8. The molecule has 0 amide bonds. The van der Waals surface area contributed by atoms with E-state index in [1.165, 1.54) is 37.8 Å². The molecule has 1 saturated carbocycles. The van der Waals surface area contributed by atoms with Gasteiger partial charge in [0.05, 0.1) is 0 Å². The summed E-state index contributed by atoms with van der Waals surface area (Å²) in [4.78, 5) is 12.2. The molecule has 1 unspecified atom stereocenters. The second kappa shape index (κ2) is 7.04. The third-order valence-electron chi connectivity index (χ3n) is 3.91. The number of hydrogen-bond acceptors (Lipinski definition) is 1. The van der Waals surface area contributed by atoms with E-state index in [1.54, 1.807) is 12.1 Å². The summed E-state index contributed by atoms with van der Waals surface area (Å²) in [7, 11) is 0. The molecule has 0 radical (unpaired) electrons. The Morgan fingerprint density at radius 2 is 1.74 bits per heavy atom. The van der Waals surface area contributed by atoms with Gasteiger partial charge in [-0.3, -0.25) is 4.79 Å². The van der Waals surface area contributed by atoms with Crippen LogP contribution in [0, 0.1) is 11.7 Å². The third kappa shape index (κ3) is 4.31. The Kier molecular flexibility index (Phi) is 5.38. The first kappa shape index (κ1) is 14.5. The SMILES string of the molecule is O=C(CC1CCCCCC1)C(Cl)c1ccc(F)cc1. The van der Waals surface area contributed by atoms with Crippen molar-refractivity contribution in [1.82, 2.24) is 0 Å². The maximum Gasteiger partial charge on any atom is 0.155 e. The van der Waals surface area contributed by atoms with Crippen LogP contribution in [0.15, 0.2) is 24.3 Å². The number of ketones is 1. The van der Waals surface area contributed by atoms with Crippen LogP contribution in [0.3, 0.4) is 0 Å². The van der Waals surface area contributed by atoms with Crippen LogP contribution in [0.1, 0.15) is 55.9 Å². The Morgan fingerprint density at radius 1 is 1.16 bits per heavy atom. The first-order chi connectivity index (χ1) is 9.16. The van der Waals surface area contributed by atoms with Gasteiger partial charge in [0.2, 0.25) is 0 Å². The number of benzene rings is 1. The lowest BCUT2D eigenvalue weighted by Crippen LogP contribution is -2.13. The predicted molar refractivity (Wildman–Crippen MR) is 75.8 cm³/mol. The smallest absolute Gasteiger partial charge is 0.155 e. The first-order valence-electron chi connectivity index (χ1n) is 7.09. The molecule has 0 aromatic heterocycles. The maximum atomic E-state index is 12.8. The van der Waals surface area contributed by atoms with Crippen molar-refractivity contribution in [2.24, 2.45) is 5.92 Å². The Morgan fingerprint density at radius 3 is 2.32 bits per heavy atom. The normalized spacial score (nSPS) is 18.8. The molecule has 0 N–H and O–H groups in total. The van der Waals surface area contributed by atoms with E-state index in [0.29, 0.717) is 17.9 Å². The summed E-state index contributed by atoms with van der Waals surface area (Å²) in [5.74, 6) is 0.251. The number of alkyl halides is 1. The van der Waals surface area contributed by atoms with Crippen LogP contribution in [0.25, 0.3) is 0 Å². The van der Waals surface area contributed by atoms with Crippen molar-refractivity contribution in [2.45, 2.75) is 50.3 Å². The van der Waals surface area contributed by atoms with Crippen molar-refractivity contribution >= 4 is 17.4 Å². The van der Waals surface area contributed by atoms with Gasteiger partial charge in [-0.25, -0.2) is 4.39 Å². The Hall–Kier alpha value is -0.890. The summed E-state index contributed by atoms with van der Waals surface area (Å²) in [6.45, 7) is 0. The molecule has 0 heterocycles. The molecule has 1 atom stereocenters. The highest BCUT2D eigenvalue weighted by Gasteiger charge is 2.22. The van der Waals surface area contributed by atoms with Gasteiger partial charge in [-0.2, -0.15) is 0 Å². The number of halogens is 2. The van der Waals surface area contributed by atoms with Crippen molar-refractivity contribution in [1.29, 1.82) is 0 Å². The summed E-state index contributed by atoms with van der Waals surface area (Å²) >= 11 is 6.20. The topological polar surface area (TPSA) is 17.1 Å². The van der Waals surface area contributed by atoms with Gasteiger partial charge in [0, 0.05) is 6.42 Å². The largest absolute Gasteiger partial charge is 0.298 e. The van der Waals surface area contributed by atoms with Crippen LogP contribution < -0.4 is 0 Å². The average Bonchev–Trinajstić information content (AvgIpc) is 2.67. The molecule has 1 aliphatic rings. The summed E-state index contributed by atoms with van der Waals surface area (Å²) in [5.41, 5.74) is 0.696. The van der Waals surface area contributed by atoms with Crippen molar-refractivity contribution in [3.05, 3.63) is 35.6 Å². The Labute approximate surface area is 119 Å². The van der Waals surface area contributed by atoms with Crippen molar-refractivity contribution in [3.8, 4) is 0 Å². The zero-order chi connectivity index (χ0) is 13.7. The summed E-state index contributed by atoms with van der Waals surface area (Å²) in [5, 5.41) is -0.635. The van der Waals surface area contributed by atoms with Crippen LogP contribution in [0.4, 0.5) is 4.39 Å². The fourth-order valence-corrected chi connectivity index (χ4v) is 3.01. The van der Waals surface area contributed by atoms with Gasteiger partial charge in [0.25, 0.3) is 0 Å². The average molecular weight is 283 g/mol. The van der Waals surface area contributed by atoms with E-state index in [1.807, 2.05) is 0 Å². The van der Waals surface area contributed by atoms with Gasteiger partial charge in [0.15, 0.2) is 5.78 Å². The molecule has 104 valence electrons. The molecule has 2 rings (SSSR count). The van der Waals surface area contributed by atoms with Gasteiger partial charge < -0.3 is 0 Å². The Balaban J connectivity index is 1.93. The fourth-order valence-electron chi connectivity index (χ4n) is 2.77. The zero-order valence-electron chi connectivity index (χ0n) is 11.1. The van der Waals surface area contributed by atoms with Crippen LogP contribution in [-0.2, 0) is 4.79 Å². The molecule has 1 fully saturated rings. The zero-order valence-corrected chi connectivity index (χ0v) is 11.8. The highest BCUT2D eigenvalue weighted by atomic mass is 35.5. The molecule has 19 heavy (non-hydrogen) atoms. The lowest BCUT2D eigenvalue weighted by atomic mass is 9.92. The van der Waals surface area contributed by atoms with Crippen molar-refractivity contribution in [2.75, 3.05) is 0 Å². The quantitative estimate of drug-likeness (QED) is 0.559. The van der Waals surface area contributed by atoms with E-state index in [0.717, 1.165) is 12.8 Å². The lowest BCUT2D eigenvalue weighted by Gasteiger charge is -2.15. The number of Topliss-reactive ketones (excluding diaryl/α,β-unsaturated/α-hetero) is 1. The number of rotatable bonds is 4. The summed E-state index contributed by atoms with van der Waals surface area (Å²) in [6, 6.07) is 5.89. The maximum absolute atomic E-state index is 12.8. The first-order valence-corrected chi connectivity index (χ1v) is 7.52. The van der Waals surface area contributed by atoms with E-state index in [4.69, 9.17) is 11.6 Å². The molecular formula is C16H20ClFO. The molecule has 1 nitrogen and oxygen atoms in total. The van der Waals surface area contributed by atoms with Crippen LogP contribution in [-0.4, -0.2) is 5.78 Å². The molecule has 0 aliphatic heterocycles. The van der Waals surface area contributed by atoms with E-state index < -0.39 is 5.38 Å². The lowest BCUT2D eigenvalue weighted by molar-refractivity contribution is -0.119. The molecule has 1 aromatic rings. The van der Waals surface area contributed by atoms with Crippen molar-refractivity contribution < 1.29 is 9.18 Å². The van der Waals surface area contributed by atoms with Crippen LogP contribution in [0.5, 0.6) is 0 Å². The number of carbonyl (C=O) groups is 1.